The number of cyclic esters (lactones) is 1. The van der Waals surface area contributed by atoms with Gasteiger partial charge in [0.15, 0.2) is 0 Å². The van der Waals surface area contributed by atoms with Crippen LogP contribution in [-0.4, -0.2) is 38.0 Å². The highest BCUT2D eigenvalue weighted by atomic mass is 16.6. The molecule has 1 aliphatic rings. The zero-order valence-corrected chi connectivity index (χ0v) is 15.8. The van der Waals surface area contributed by atoms with Crippen LogP contribution in [-0.2, 0) is 25.4 Å². The quantitative estimate of drug-likeness (QED) is 0.551. The fraction of sp³-hybridized carbons (Fsp3) is 0.667. The van der Waals surface area contributed by atoms with Crippen LogP contribution in [0.3, 0.4) is 0 Å². The summed E-state index contributed by atoms with van der Waals surface area (Å²) in [6, 6.07) is 10.4. The molecule has 4 heteroatoms. The van der Waals surface area contributed by atoms with Crippen LogP contribution in [0, 0.1) is 11.8 Å². The van der Waals surface area contributed by atoms with Gasteiger partial charge in [-0.15, -0.1) is 0 Å². The molecule has 140 valence electrons. The zero-order chi connectivity index (χ0) is 18.1. The molecule has 0 N–H and O–H groups in total. The van der Waals surface area contributed by atoms with Gasteiger partial charge in [-0.3, -0.25) is 4.79 Å². The first-order valence-electron chi connectivity index (χ1n) is 9.55. The molecular formula is C21H32O4. The topological polar surface area (TPSA) is 44.8 Å². The van der Waals surface area contributed by atoms with Crippen LogP contribution in [0.25, 0.3) is 0 Å². The van der Waals surface area contributed by atoms with Gasteiger partial charge in [0.2, 0.25) is 0 Å². The second kappa shape index (κ2) is 10.6. The van der Waals surface area contributed by atoms with Gasteiger partial charge in [0.1, 0.15) is 6.10 Å². The molecule has 4 nitrogen and oxygen atoms in total. The highest BCUT2D eigenvalue weighted by Crippen LogP contribution is 2.23. The molecule has 2 rings (SSSR count). The Morgan fingerprint density at radius 1 is 1.12 bits per heavy atom. The predicted molar refractivity (Wildman–Crippen MR) is 98.4 cm³/mol. The molecule has 0 radical (unpaired) electrons. The van der Waals surface area contributed by atoms with Crippen molar-refractivity contribution in [2.75, 3.05) is 19.8 Å². The van der Waals surface area contributed by atoms with E-state index in [1.165, 1.54) is 5.56 Å². The number of hydrogen-bond acceptors (Lipinski definition) is 4. The normalized spacial score (nSPS) is 27.9. The average Bonchev–Trinajstić information content (AvgIpc) is 2.65. The van der Waals surface area contributed by atoms with Crippen molar-refractivity contribution >= 4 is 5.97 Å². The molecule has 0 unspecified atom stereocenters. The highest BCUT2D eigenvalue weighted by molar-refractivity contribution is 5.72. The van der Waals surface area contributed by atoms with Crippen molar-refractivity contribution in [1.29, 1.82) is 0 Å². The molecule has 1 aliphatic heterocycles. The molecule has 1 fully saturated rings. The van der Waals surface area contributed by atoms with Crippen LogP contribution >= 0.6 is 0 Å². The summed E-state index contributed by atoms with van der Waals surface area (Å²) in [4.78, 5) is 12.2. The molecule has 0 spiro atoms. The van der Waals surface area contributed by atoms with Gasteiger partial charge < -0.3 is 14.2 Å². The molecule has 0 bridgehead atoms. The minimum absolute atomic E-state index is 0.147. The van der Waals surface area contributed by atoms with Crippen molar-refractivity contribution in [2.24, 2.45) is 11.8 Å². The van der Waals surface area contributed by atoms with E-state index in [1.54, 1.807) is 0 Å². The summed E-state index contributed by atoms with van der Waals surface area (Å²) < 4.78 is 17.7. The largest absolute Gasteiger partial charge is 0.460 e. The first-order valence-corrected chi connectivity index (χ1v) is 9.55. The van der Waals surface area contributed by atoms with Crippen LogP contribution < -0.4 is 0 Å². The molecule has 1 aromatic rings. The molecule has 25 heavy (non-hydrogen) atoms. The van der Waals surface area contributed by atoms with Crippen LogP contribution in [0.2, 0.25) is 0 Å². The Morgan fingerprint density at radius 2 is 1.88 bits per heavy atom. The number of carbonyl (C=O) groups is 1. The molecule has 1 saturated heterocycles. The van der Waals surface area contributed by atoms with E-state index in [0.29, 0.717) is 19.8 Å². The van der Waals surface area contributed by atoms with E-state index >= 15 is 0 Å². The van der Waals surface area contributed by atoms with Gasteiger partial charge in [-0.05, 0) is 32.3 Å². The lowest BCUT2D eigenvalue weighted by molar-refractivity contribution is -0.162. The minimum Gasteiger partial charge on any atom is -0.460 e. The minimum atomic E-state index is -0.271. The van der Waals surface area contributed by atoms with Crippen molar-refractivity contribution in [1.82, 2.24) is 0 Å². The summed E-state index contributed by atoms with van der Waals surface area (Å²) in [5.41, 5.74) is 1.25. The fourth-order valence-electron chi connectivity index (χ4n) is 3.24. The van der Waals surface area contributed by atoms with Gasteiger partial charge >= 0.3 is 5.97 Å². The Bertz CT molecular complexity index is 502. The summed E-state index contributed by atoms with van der Waals surface area (Å²) in [6.07, 6.45) is 3.78. The number of esters is 1. The molecule has 0 saturated carbocycles. The lowest BCUT2D eigenvalue weighted by Gasteiger charge is -2.31. The second-order valence-electron chi connectivity index (χ2n) is 7.07. The van der Waals surface area contributed by atoms with Crippen molar-refractivity contribution < 1.29 is 19.0 Å². The number of hydrogen-bond donors (Lipinski definition) is 0. The Balaban J connectivity index is 2.11. The molecule has 1 heterocycles. The molecule has 0 aliphatic carbocycles. The first-order chi connectivity index (χ1) is 12.1. The Hall–Kier alpha value is -1.39. The average molecular weight is 348 g/mol. The maximum absolute atomic E-state index is 12.2. The molecular weight excluding hydrogens is 316 g/mol. The monoisotopic (exact) mass is 348 g/mol. The highest BCUT2D eigenvalue weighted by Gasteiger charge is 2.33. The maximum atomic E-state index is 12.2. The summed E-state index contributed by atoms with van der Waals surface area (Å²) in [6.45, 7) is 7.65. The zero-order valence-electron chi connectivity index (χ0n) is 15.8. The summed E-state index contributed by atoms with van der Waals surface area (Å²) >= 11 is 0. The van der Waals surface area contributed by atoms with E-state index in [-0.39, 0.29) is 30.0 Å². The van der Waals surface area contributed by atoms with Crippen LogP contribution in [0.1, 0.15) is 45.6 Å². The van der Waals surface area contributed by atoms with Crippen LogP contribution in [0.15, 0.2) is 30.3 Å². The van der Waals surface area contributed by atoms with Gasteiger partial charge in [-0.25, -0.2) is 0 Å². The van der Waals surface area contributed by atoms with Gasteiger partial charge in [-0.1, -0.05) is 50.1 Å². The lowest BCUT2D eigenvalue weighted by Crippen LogP contribution is -2.40. The summed E-state index contributed by atoms with van der Waals surface area (Å²) in [7, 11) is 0. The molecule has 1 aromatic carbocycles. The van der Waals surface area contributed by atoms with Gasteiger partial charge in [0.05, 0.1) is 25.2 Å². The van der Waals surface area contributed by atoms with E-state index in [4.69, 9.17) is 14.2 Å². The third-order valence-corrected chi connectivity index (χ3v) is 4.73. The smallest absolute Gasteiger partial charge is 0.311 e. The Morgan fingerprint density at radius 3 is 2.60 bits per heavy atom. The Kier molecular flexibility index (Phi) is 8.42. The SMILES string of the molecule is CCCCCO[C@@H]1[C@@H](Cc2ccccc2)COC[C@H](C)C(=O)O[C@H]1C. The maximum Gasteiger partial charge on any atom is 0.311 e. The number of benzene rings is 1. The van der Waals surface area contributed by atoms with E-state index in [9.17, 15) is 4.79 Å². The van der Waals surface area contributed by atoms with Crippen molar-refractivity contribution in [2.45, 2.75) is 58.7 Å². The number of ether oxygens (including phenoxy) is 3. The van der Waals surface area contributed by atoms with Gasteiger partial charge in [0.25, 0.3) is 0 Å². The summed E-state index contributed by atoms with van der Waals surface area (Å²) in [5.74, 6) is -0.272. The van der Waals surface area contributed by atoms with E-state index in [1.807, 2.05) is 32.0 Å². The van der Waals surface area contributed by atoms with Crippen molar-refractivity contribution in [3.05, 3.63) is 35.9 Å². The van der Waals surface area contributed by atoms with E-state index in [0.717, 1.165) is 25.7 Å². The van der Waals surface area contributed by atoms with Gasteiger partial charge in [-0.2, -0.15) is 0 Å². The van der Waals surface area contributed by atoms with Crippen molar-refractivity contribution in [3.63, 3.8) is 0 Å². The van der Waals surface area contributed by atoms with E-state index in [2.05, 4.69) is 19.1 Å². The lowest BCUT2D eigenvalue weighted by atomic mass is 9.91. The van der Waals surface area contributed by atoms with Gasteiger partial charge in [0, 0.05) is 12.5 Å². The van der Waals surface area contributed by atoms with Crippen molar-refractivity contribution in [3.8, 4) is 0 Å². The summed E-state index contributed by atoms with van der Waals surface area (Å²) in [5, 5.41) is 0. The molecule has 0 amide bonds. The Labute approximate surface area is 151 Å². The number of carbonyl (C=O) groups excluding carboxylic acids is 1. The van der Waals surface area contributed by atoms with E-state index < -0.39 is 0 Å². The second-order valence-corrected chi connectivity index (χ2v) is 7.07. The number of unbranched alkanes of at least 4 members (excludes halogenated alkanes) is 2. The first kappa shape index (κ1) is 19.9. The van der Waals surface area contributed by atoms with Crippen LogP contribution in [0.5, 0.6) is 0 Å². The third-order valence-electron chi connectivity index (χ3n) is 4.73. The molecule has 0 aromatic heterocycles. The fourth-order valence-corrected chi connectivity index (χ4v) is 3.24. The standard InChI is InChI=1S/C21H32O4/c1-4-5-9-12-24-20-17(3)25-21(22)16(2)14-23-15-19(20)13-18-10-7-6-8-11-18/h6-8,10-11,16-17,19-20H,4-5,9,12-15H2,1-3H3/t16-,17-,19-,20-/m0/s1. The third kappa shape index (κ3) is 6.44. The molecule has 4 atom stereocenters. The number of rotatable bonds is 7. The van der Waals surface area contributed by atoms with Crippen LogP contribution in [0.4, 0.5) is 0 Å². The predicted octanol–water partition coefficient (Wildman–Crippen LogP) is 4.02.